The van der Waals surface area contributed by atoms with Gasteiger partial charge in [0.05, 0.1) is 6.54 Å². The van der Waals surface area contributed by atoms with Gasteiger partial charge in [-0.05, 0) is 24.3 Å². The van der Waals surface area contributed by atoms with Crippen LogP contribution in [-0.4, -0.2) is 42.6 Å². The first-order chi connectivity index (χ1) is 10.4. The maximum atomic E-state index is 4.41. The summed E-state index contributed by atoms with van der Waals surface area (Å²) in [6, 6.07) is 16.2. The number of halogens is 1. The van der Waals surface area contributed by atoms with Crippen molar-refractivity contribution in [2.75, 3.05) is 37.6 Å². The summed E-state index contributed by atoms with van der Waals surface area (Å²) < 4.78 is 0. The number of anilines is 1. The lowest BCUT2D eigenvalue weighted by molar-refractivity contribution is 0.287. The Hall–Kier alpha value is -2.02. The number of hydrogen-bond acceptors (Lipinski definition) is 3. The summed E-state index contributed by atoms with van der Waals surface area (Å²) in [4.78, 5) is 9.14. The molecule has 0 radical (unpaired) electrons. The first kappa shape index (κ1) is 16.4. The molecule has 3 nitrogen and oxygen atoms in total. The normalized spacial score (nSPS) is 14.6. The summed E-state index contributed by atoms with van der Waals surface area (Å²) in [6.07, 6.45) is 1.85. The van der Waals surface area contributed by atoms with E-state index in [2.05, 4.69) is 32.7 Å². The van der Waals surface area contributed by atoms with Crippen LogP contribution in [0.5, 0.6) is 0 Å². The molecule has 0 aliphatic carbocycles. The maximum Gasteiger partial charge on any atom is 0.128 e. The third-order valence-corrected chi connectivity index (χ3v) is 3.65. The second kappa shape index (κ2) is 8.43. The minimum absolute atomic E-state index is 0. The van der Waals surface area contributed by atoms with Crippen molar-refractivity contribution in [2.24, 2.45) is 0 Å². The predicted molar refractivity (Wildman–Crippen MR) is 93.5 cm³/mol. The van der Waals surface area contributed by atoms with E-state index in [0.29, 0.717) is 0 Å². The zero-order chi connectivity index (χ0) is 14.3. The quantitative estimate of drug-likeness (QED) is 0.795. The van der Waals surface area contributed by atoms with Crippen LogP contribution in [0.3, 0.4) is 0 Å². The van der Waals surface area contributed by atoms with E-state index in [-0.39, 0.29) is 12.4 Å². The Morgan fingerprint density at radius 2 is 1.64 bits per heavy atom. The minimum Gasteiger partial charge on any atom is -0.354 e. The molecule has 0 bridgehead atoms. The summed E-state index contributed by atoms with van der Waals surface area (Å²) in [6.45, 7) is 4.96. The number of aromatic nitrogens is 1. The van der Waals surface area contributed by atoms with Crippen LogP contribution in [0.4, 0.5) is 5.82 Å². The van der Waals surface area contributed by atoms with Gasteiger partial charge in [-0.1, -0.05) is 36.1 Å². The van der Waals surface area contributed by atoms with Crippen molar-refractivity contribution in [3.8, 4) is 11.8 Å². The number of benzene rings is 1. The highest BCUT2D eigenvalue weighted by Crippen LogP contribution is 2.11. The van der Waals surface area contributed by atoms with Crippen molar-refractivity contribution in [1.82, 2.24) is 9.88 Å². The van der Waals surface area contributed by atoms with E-state index in [1.807, 2.05) is 48.7 Å². The summed E-state index contributed by atoms with van der Waals surface area (Å²) in [7, 11) is 0. The zero-order valence-electron chi connectivity index (χ0n) is 12.5. The fourth-order valence-electron chi connectivity index (χ4n) is 2.45. The van der Waals surface area contributed by atoms with Gasteiger partial charge in [-0.3, -0.25) is 4.90 Å². The lowest BCUT2D eigenvalue weighted by Crippen LogP contribution is -2.46. The molecule has 1 aromatic heterocycles. The van der Waals surface area contributed by atoms with Crippen molar-refractivity contribution < 1.29 is 0 Å². The number of nitrogens with zero attached hydrogens (tertiary/aromatic N) is 3. The van der Waals surface area contributed by atoms with Crippen LogP contribution >= 0.6 is 12.4 Å². The molecule has 1 aliphatic rings. The molecular formula is C18H20ClN3. The van der Waals surface area contributed by atoms with E-state index >= 15 is 0 Å². The summed E-state index contributed by atoms with van der Waals surface area (Å²) in [5.74, 6) is 7.56. The van der Waals surface area contributed by atoms with Crippen LogP contribution in [0.25, 0.3) is 0 Å². The Balaban J connectivity index is 0.00000176. The monoisotopic (exact) mass is 313 g/mol. The van der Waals surface area contributed by atoms with Gasteiger partial charge in [0.25, 0.3) is 0 Å². The molecule has 1 saturated heterocycles. The molecule has 0 spiro atoms. The Labute approximate surface area is 138 Å². The van der Waals surface area contributed by atoms with Crippen LogP contribution in [-0.2, 0) is 0 Å². The molecule has 0 atom stereocenters. The second-order valence-corrected chi connectivity index (χ2v) is 5.12. The van der Waals surface area contributed by atoms with Gasteiger partial charge in [0.1, 0.15) is 5.82 Å². The zero-order valence-corrected chi connectivity index (χ0v) is 13.3. The molecule has 2 aromatic rings. The van der Waals surface area contributed by atoms with Crippen molar-refractivity contribution in [1.29, 1.82) is 0 Å². The van der Waals surface area contributed by atoms with Gasteiger partial charge in [-0.25, -0.2) is 4.98 Å². The molecular weight excluding hydrogens is 294 g/mol. The predicted octanol–water partition coefficient (Wildman–Crippen LogP) is 2.68. The molecule has 1 fully saturated rings. The Morgan fingerprint density at radius 3 is 2.32 bits per heavy atom. The van der Waals surface area contributed by atoms with Gasteiger partial charge in [0, 0.05) is 37.9 Å². The maximum absolute atomic E-state index is 4.41. The van der Waals surface area contributed by atoms with Gasteiger partial charge in [-0.15, -0.1) is 12.4 Å². The fourth-order valence-corrected chi connectivity index (χ4v) is 2.45. The highest BCUT2D eigenvalue weighted by Gasteiger charge is 2.16. The average Bonchev–Trinajstić information content (AvgIpc) is 2.57. The van der Waals surface area contributed by atoms with Crippen LogP contribution in [0.2, 0.25) is 0 Å². The van der Waals surface area contributed by atoms with E-state index in [1.54, 1.807) is 0 Å². The summed E-state index contributed by atoms with van der Waals surface area (Å²) in [5, 5.41) is 0. The highest BCUT2D eigenvalue weighted by atomic mass is 35.5. The first-order valence-corrected chi connectivity index (χ1v) is 7.34. The molecule has 2 heterocycles. The van der Waals surface area contributed by atoms with Gasteiger partial charge in [0.2, 0.25) is 0 Å². The standard InChI is InChI=1S/C18H19N3.ClH/c1-2-7-17(8-3-1)9-6-12-20-13-15-21(16-14-20)18-10-4-5-11-19-18;/h1-5,7-8,10-11H,12-16H2;1H. The Morgan fingerprint density at radius 1 is 0.909 bits per heavy atom. The van der Waals surface area contributed by atoms with E-state index in [1.165, 1.54) is 0 Å². The molecule has 0 saturated carbocycles. The molecule has 0 unspecified atom stereocenters. The third-order valence-electron chi connectivity index (χ3n) is 3.65. The van der Waals surface area contributed by atoms with E-state index in [0.717, 1.165) is 44.1 Å². The topological polar surface area (TPSA) is 19.4 Å². The van der Waals surface area contributed by atoms with Crippen molar-refractivity contribution in [3.05, 3.63) is 60.3 Å². The molecule has 114 valence electrons. The summed E-state index contributed by atoms with van der Waals surface area (Å²) >= 11 is 0. The van der Waals surface area contributed by atoms with E-state index in [4.69, 9.17) is 0 Å². The molecule has 1 aliphatic heterocycles. The lowest BCUT2D eigenvalue weighted by Gasteiger charge is -2.34. The van der Waals surface area contributed by atoms with Gasteiger partial charge >= 0.3 is 0 Å². The van der Waals surface area contributed by atoms with Crippen LogP contribution < -0.4 is 4.90 Å². The largest absolute Gasteiger partial charge is 0.354 e. The number of piperazine rings is 1. The van der Waals surface area contributed by atoms with Crippen LogP contribution in [0.1, 0.15) is 5.56 Å². The smallest absolute Gasteiger partial charge is 0.128 e. The average molecular weight is 314 g/mol. The number of hydrogen-bond donors (Lipinski definition) is 0. The molecule has 3 rings (SSSR count). The van der Waals surface area contributed by atoms with Gasteiger partial charge in [0.15, 0.2) is 0 Å². The van der Waals surface area contributed by atoms with Crippen molar-refractivity contribution in [3.63, 3.8) is 0 Å². The third kappa shape index (κ3) is 4.49. The van der Waals surface area contributed by atoms with Gasteiger partial charge < -0.3 is 4.90 Å². The Bertz CT molecular complexity index is 611. The lowest BCUT2D eigenvalue weighted by atomic mass is 10.2. The Kier molecular flexibility index (Phi) is 6.27. The van der Waals surface area contributed by atoms with Crippen molar-refractivity contribution in [2.45, 2.75) is 0 Å². The second-order valence-electron chi connectivity index (χ2n) is 5.12. The van der Waals surface area contributed by atoms with E-state index in [9.17, 15) is 0 Å². The summed E-state index contributed by atoms with van der Waals surface area (Å²) in [5.41, 5.74) is 1.09. The SMILES string of the molecule is C(#Cc1ccccc1)CN1CCN(c2ccccn2)CC1.Cl. The molecule has 1 aromatic carbocycles. The molecule has 22 heavy (non-hydrogen) atoms. The van der Waals surface area contributed by atoms with Crippen LogP contribution in [0.15, 0.2) is 54.7 Å². The number of pyridine rings is 1. The number of rotatable bonds is 2. The fraction of sp³-hybridized carbons (Fsp3) is 0.278. The van der Waals surface area contributed by atoms with Crippen molar-refractivity contribution >= 4 is 18.2 Å². The first-order valence-electron chi connectivity index (χ1n) is 7.34. The molecule has 0 N–H and O–H groups in total. The van der Waals surface area contributed by atoms with Crippen LogP contribution in [0, 0.1) is 11.8 Å². The van der Waals surface area contributed by atoms with E-state index < -0.39 is 0 Å². The minimum atomic E-state index is 0. The highest BCUT2D eigenvalue weighted by molar-refractivity contribution is 5.85. The van der Waals surface area contributed by atoms with Gasteiger partial charge in [-0.2, -0.15) is 0 Å². The molecule has 0 amide bonds. The molecule has 4 heteroatoms.